The molecular weight excluding hydrogens is 405 g/mol. The topological polar surface area (TPSA) is 0 Å². The van der Waals surface area contributed by atoms with E-state index < -0.39 is 11.7 Å². The van der Waals surface area contributed by atoms with Gasteiger partial charge < -0.3 is 0 Å². The molecule has 0 bridgehead atoms. The average molecular weight is 424 g/mol. The van der Waals surface area contributed by atoms with Gasteiger partial charge >= 0.3 is 6.18 Å². The smallest absolute Gasteiger partial charge is 0.166 e. The lowest BCUT2D eigenvalue weighted by Crippen LogP contribution is -2.03. The molecule has 0 saturated carbocycles. The molecule has 0 fully saturated rings. The van der Waals surface area contributed by atoms with Crippen molar-refractivity contribution in [2.75, 3.05) is 0 Å². The van der Waals surface area contributed by atoms with E-state index in [1.54, 1.807) is 0 Å². The minimum Gasteiger partial charge on any atom is -0.166 e. The van der Waals surface area contributed by atoms with E-state index in [0.29, 0.717) is 0 Å². The van der Waals surface area contributed by atoms with Crippen LogP contribution in [0.1, 0.15) is 5.56 Å². The lowest BCUT2D eigenvalue weighted by Gasteiger charge is -2.09. The van der Waals surface area contributed by atoms with Gasteiger partial charge in [-0.05, 0) is 62.4 Å². The standard InChI is InChI=1S/C29H19F3/c30-29(31,32)28-17-15-24(16-18-28)23-7-5-21(6-8-23)22-9-11-25(12-10-22)27-14-13-20-3-1-2-4-26(20)19-27/h1-19H. The molecule has 0 saturated heterocycles. The van der Waals surface area contributed by atoms with Crippen LogP contribution in [0.2, 0.25) is 0 Å². The first kappa shape index (κ1) is 20.1. The van der Waals surface area contributed by atoms with Crippen molar-refractivity contribution in [3.63, 3.8) is 0 Å². The Kier molecular flexibility index (Phi) is 5.02. The van der Waals surface area contributed by atoms with Gasteiger partial charge in [0.05, 0.1) is 5.56 Å². The van der Waals surface area contributed by atoms with Crippen LogP contribution < -0.4 is 0 Å². The predicted molar refractivity (Wildman–Crippen MR) is 125 cm³/mol. The monoisotopic (exact) mass is 424 g/mol. The Morgan fingerprint density at radius 2 is 0.750 bits per heavy atom. The minimum absolute atomic E-state index is 0.635. The van der Waals surface area contributed by atoms with Gasteiger partial charge in [-0.15, -0.1) is 0 Å². The summed E-state index contributed by atoms with van der Waals surface area (Å²) in [4.78, 5) is 0. The minimum atomic E-state index is -4.32. The van der Waals surface area contributed by atoms with Crippen molar-refractivity contribution in [3.05, 3.63) is 121 Å². The zero-order chi connectivity index (χ0) is 22.1. The Labute approximate surface area is 184 Å². The molecule has 5 aromatic carbocycles. The van der Waals surface area contributed by atoms with Crippen molar-refractivity contribution >= 4 is 10.8 Å². The molecule has 0 N–H and O–H groups in total. The van der Waals surface area contributed by atoms with E-state index >= 15 is 0 Å². The second-order valence-corrected chi connectivity index (χ2v) is 7.79. The SMILES string of the molecule is FC(F)(F)c1ccc(-c2ccc(-c3ccc(-c4ccc5ccccc5c4)cc3)cc2)cc1. The molecule has 3 heteroatoms. The van der Waals surface area contributed by atoms with Crippen LogP contribution in [0.15, 0.2) is 115 Å². The Morgan fingerprint density at radius 1 is 0.375 bits per heavy atom. The highest BCUT2D eigenvalue weighted by atomic mass is 19.4. The fourth-order valence-electron chi connectivity index (χ4n) is 3.93. The molecule has 5 aromatic rings. The van der Waals surface area contributed by atoms with Gasteiger partial charge in [0.1, 0.15) is 0 Å². The summed E-state index contributed by atoms with van der Waals surface area (Å²) < 4.78 is 38.3. The fourth-order valence-corrected chi connectivity index (χ4v) is 3.93. The van der Waals surface area contributed by atoms with Gasteiger partial charge in [0.2, 0.25) is 0 Å². The third-order valence-corrected chi connectivity index (χ3v) is 5.73. The van der Waals surface area contributed by atoms with Gasteiger partial charge in [0, 0.05) is 0 Å². The zero-order valence-corrected chi connectivity index (χ0v) is 17.1. The molecule has 32 heavy (non-hydrogen) atoms. The summed E-state index contributed by atoms with van der Waals surface area (Å²) in [6.07, 6.45) is -4.32. The highest BCUT2D eigenvalue weighted by molar-refractivity contribution is 5.87. The molecule has 5 rings (SSSR count). The van der Waals surface area contributed by atoms with E-state index in [4.69, 9.17) is 0 Å². The molecule has 0 aromatic heterocycles. The first-order chi connectivity index (χ1) is 15.5. The Hall–Kier alpha value is -3.85. The summed E-state index contributed by atoms with van der Waals surface area (Å²) in [5.74, 6) is 0. The van der Waals surface area contributed by atoms with E-state index in [0.717, 1.165) is 39.9 Å². The lowest BCUT2D eigenvalue weighted by atomic mass is 9.97. The summed E-state index contributed by atoms with van der Waals surface area (Å²) >= 11 is 0. The van der Waals surface area contributed by atoms with Crippen LogP contribution in [0.4, 0.5) is 13.2 Å². The largest absolute Gasteiger partial charge is 0.416 e. The summed E-state index contributed by atoms with van der Waals surface area (Å²) in [5, 5.41) is 2.44. The molecule has 0 aliphatic heterocycles. The zero-order valence-electron chi connectivity index (χ0n) is 17.1. The summed E-state index contributed by atoms with van der Waals surface area (Å²) in [6, 6.07) is 36.3. The Morgan fingerprint density at radius 3 is 1.22 bits per heavy atom. The quantitative estimate of drug-likeness (QED) is 0.271. The average Bonchev–Trinajstić information content (AvgIpc) is 2.83. The number of hydrogen-bond acceptors (Lipinski definition) is 0. The van der Waals surface area contributed by atoms with E-state index in [2.05, 4.69) is 54.6 Å². The molecule has 0 aliphatic rings. The van der Waals surface area contributed by atoms with E-state index in [-0.39, 0.29) is 0 Å². The molecule has 0 aliphatic carbocycles. The van der Waals surface area contributed by atoms with Crippen LogP contribution in [0, 0.1) is 0 Å². The van der Waals surface area contributed by atoms with Crippen LogP contribution in [-0.2, 0) is 6.18 Å². The molecule has 0 amide bonds. The van der Waals surface area contributed by atoms with Crippen LogP contribution >= 0.6 is 0 Å². The lowest BCUT2D eigenvalue weighted by molar-refractivity contribution is -0.137. The van der Waals surface area contributed by atoms with Crippen molar-refractivity contribution in [2.45, 2.75) is 6.18 Å². The van der Waals surface area contributed by atoms with Gasteiger partial charge in [-0.2, -0.15) is 13.2 Å². The normalized spacial score (nSPS) is 11.6. The molecule has 0 heterocycles. The van der Waals surface area contributed by atoms with Crippen molar-refractivity contribution in [2.24, 2.45) is 0 Å². The molecule has 0 spiro atoms. The number of fused-ring (bicyclic) bond motifs is 1. The predicted octanol–water partition coefficient (Wildman–Crippen LogP) is 8.86. The van der Waals surface area contributed by atoms with Crippen LogP contribution in [0.25, 0.3) is 44.2 Å². The van der Waals surface area contributed by atoms with Gasteiger partial charge in [-0.25, -0.2) is 0 Å². The molecule has 0 nitrogen and oxygen atoms in total. The van der Waals surface area contributed by atoms with Gasteiger partial charge in [-0.3, -0.25) is 0 Å². The summed E-state index contributed by atoms with van der Waals surface area (Å²) in [7, 11) is 0. The molecule has 156 valence electrons. The highest BCUT2D eigenvalue weighted by Gasteiger charge is 2.29. The van der Waals surface area contributed by atoms with Crippen molar-refractivity contribution in [3.8, 4) is 33.4 Å². The summed E-state index contributed by atoms with van der Waals surface area (Å²) in [6.45, 7) is 0. The maximum absolute atomic E-state index is 12.8. The third kappa shape index (κ3) is 4.02. The fraction of sp³-hybridized carbons (Fsp3) is 0.0345. The molecule has 0 radical (unpaired) electrons. The second-order valence-electron chi connectivity index (χ2n) is 7.79. The van der Waals surface area contributed by atoms with Crippen LogP contribution in [-0.4, -0.2) is 0 Å². The molecular formula is C29H19F3. The van der Waals surface area contributed by atoms with Gasteiger partial charge in [0.25, 0.3) is 0 Å². The first-order valence-corrected chi connectivity index (χ1v) is 10.3. The highest BCUT2D eigenvalue weighted by Crippen LogP contribution is 2.32. The van der Waals surface area contributed by atoms with Crippen LogP contribution in [0.3, 0.4) is 0 Å². The van der Waals surface area contributed by atoms with Crippen molar-refractivity contribution in [1.29, 1.82) is 0 Å². The third-order valence-electron chi connectivity index (χ3n) is 5.73. The van der Waals surface area contributed by atoms with Crippen molar-refractivity contribution < 1.29 is 13.2 Å². The maximum atomic E-state index is 12.8. The first-order valence-electron chi connectivity index (χ1n) is 10.3. The maximum Gasteiger partial charge on any atom is 0.416 e. The molecule has 0 atom stereocenters. The van der Waals surface area contributed by atoms with E-state index in [1.165, 1.54) is 28.5 Å². The van der Waals surface area contributed by atoms with Gasteiger partial charge in [0.15, 0.2) is 0 Å². The van der Waals surface area contributed by atoms with E-state index in [9.17, 15) is 13.2 Å². The number of rotatable bonds is 3. The van der Waals surface area contributed by atoms with E-state index in [1.807, 2.05) is 36.4 Å². The van der Waals surface area contributed by atoms with Crippen molar-refractivity contribution in [1.82, 2.24) is 0 Å². The van der Waals surface area contributed by atoms with Crippen LogP contribution in [0.5, 0.6) is 0 Å². The number of alkyl halides is 3. The number of hydrogen-bond donors (Lipinski definition) is 0. The summed E-state index contributed by atoms with van der Waals surface area (Å²) in [5.41, 5.74) is 5.49. The number of benzene rings is 5. The molecule has 0 unspecified atom stereocenters. The Bertz CT molecular complexity index is 1360. The Balaban J connectivity index is 1.37. The number of halogens is 3. The van der Waals surface area contributed by atoms with Gasteiger partial charge in [-0.1, -0.05) is 97.1 Å². The second kappa shape index (κ2) is 8.01.